The van der Waals surface area contributed by atoms with Crippen LogP contribution in [0.5, 0.6) is 0 Å². The average Bonchev–Trinajstić information content (AvgIpc) is 1.85. The highest BCUT2D eigenvalue weighted by molar-refractivity contribution is 4.74. The van der Waals surface area contributed by atoms with Crippen molar-refractivity contribution < 1.29 is 5.11 Å². The molecule has 3 atom stereocenters. The van der Waals surface area contributed by atoms with Crippen LogP contribution < -0.4 is 0 Å². The predicted octanol–water partition coefficient (Wildman–Crippen LogP) is 2.44. The molecule has 0 saturated heterocycles. The third-order valence-corrected chi connectivity index (χ3v) is 2.81. The van der Waals surface area contributed by atoms with Gasteiger partial charge in [0.2, 0.25) is 0 Å². The van der Waals surface area contributed by atoms with Crippen LogP contribution in [0.25, 0.3) is 0 Å². The van der Waals surface area contributed by atoms with Crippen LogP contribution in [0.1, 0.15) is 39.5 Å². The maximum Gasteiger partial charge on any atom is 0.0433 e. The Morgan fingerprint density at radius 1 is 1.09 bits per heavy atom. The lowest BCUT2D eigenvalue weighted by molar-refractivity contribution is 0.173. The molecule has 1 N–H and O–H groups in total. The van der Waals surface area contributed by atoms with E-state index in [1.54, 1.807) is 0 Å². The maximum atomic E-state index is 8.79. The molecule has 0 aliphatic heterocycles. The number of aliphatic hydroxyl groups excluding tert-OH is 1. The van der Waals surface area contributed by atoms with Crippen molar-refractivity contribution in [3.05, 3.63) is 0 Å². The second-order valence-electron chi connectivity index (χ2n) is 4.30. The molecule has 0 aromatic carbocycles. The maximum absolute atomic E-state index is 8.79. The molecule has 1 aliphatic rings. The van der Waals surface area contributed by atoms with E-state index in [0.29, 0.717) is 6.61 Å². The minimum absolute atomic E-state index is 0.379. The van der Waals surface area contributed by atoms with Gasteiger partial charge in [-0.25, -0.2) is 0 Å². The minimum Gasteiger partial charge on any atom is -0.396 e. The molecule has 66 valence electrons. The molecule has 1 unspecified atom stereocenters. The van der Waals surface area contributed by atoms with Crippen molar-refractivity contribution in [1.82, 2.24) is 0 Å². The van der Waals surface area contributed by atoms with E-state index in [1.807, 2.05) is 0 Å². The number of hydrogen-bond donors (Lipinski definition) is 1. The SMILES string of the molecule is C[C@@H]1CC(CCO)C[C@H](C)C1. The zero-order valence-electron chi connectivity index (χ0n) is 7.71. The van der Waals surface area contributed by atoms with Crippen LogP contribution in [0.3, 0.4) is 0 Å². The number of rotatable bonds is 2. The summed E-state index contributed by atoms with van der Waals surface area (Å²) >= 11 is 0. The second kappa shape index (κ2) is 4.10. The Bertz CT molecular complexity index is 101. The number of aliphatic hydroxyl groups is 1. The molecule has 1 aliphatic carbocycles. The van der Waals surface area contributed by atoms with Crippen molar-refractivity contribution in [3.8, 4) is 0 Å². The van der Waals surface area contributed by atoms with Crippen molar-refractivity contribution in [3.63, 3.8) is 0 Å². The van der Waals surface area contributed by atoms with E-state index < -0.39 is 0 Å². The van der Waals surface area contributed by atoms with E-state index in [4.69, 9.17) is 5.11 Å². The van der Waals surface area contributed by atoms with Gasteiger partial charge in [-0.3, -0.25) is 0 Å². The number of hydrogen-bond acceptors (Lipinski definition) is 1. The molecule has 1 rings (SSSR count). The first-order chi connectivity index (χ1) is 5.22. The summed E-state index contributed by atoms with van der Waals surface area (Å²) in [5.41, 5.74) is 0. The summed E-state index contributed by atoms with van der Waals surface area (Å²) in [7, 11) is 0. The van der Waals surface area contributed by atoms with E-state index in [-0.39, 0.29) is 0 Å². The van der Waals surface area contributed by atoms with Gasteiger partial charge in [-0.1, -0.05) is 13.8 Å². The fourth-order valence-corrected chi connectivity index (χ4v) is 2.53. The lowest BCUT2D eigenvalue weighted by Crippen LogP contribution is -2.20. The molecule has 1 nitrogen and oxygen atoms in total. The summed E-state index contributed by atoms with van der Waals surface area (Å²) in [6.45, 7) is 5.05. The van der Waals surface area contributed by atoms with Gasteiger partial charge in [0.1, 0.15) is 0 Å². The third kappa shape index (κ3) is 2.82. The Balaban J connectivity index is 2.30. The van der Waals surface area contributed by atoms with Crippen molar-refractivity contribution in [1.29, 1.82) is 0 Å². The van der Waals surface area contributed by atoms with Crippen LogP contribution in [0.15, 0.2) is 0 Å². The summed E-state index contributed by atoms with van der Waals surface area (Å²) < 4.78 is 0. The van der Waals surface area contributed by atoms with Crippen LogP contribution in [-0.2, 0) is 0 Å². The smallest absolute Gasteiger partial charge is 0.0433 e. The van der Waals surface area contributed by atoms with Gasteiger partial charge in [0.05, 0.1) is 0 Å². The molecule has 1 saturated carbocycles. The molecule has 0 spiro atoms. The van der Waals surface area contributed by atoms with E-state index >= 15 is 0 Å². The molecular weight excluding hydrogens is 136 g/mol. The van der Waals surface area contributed by atoms with Gasteiger partial charge in [0, 0.05) is 6.61 Å². The van der Waals surface area contributed by atoms with Gasteiger partial charge < -0.3 is 5.11 Å². The first-order valence-electron chi connectivity index (χ1n) is 4.83. The summed E-state index contributed by atoms with van der Waals surface area (Å²) in [6.07, 6.45) is 5.09. The van der Waals surface area contributed by atoms with Gasteiger partial charge in [-0.2, -0.15) is 0 Å². The largest absolute Gasteiger partial charge is 0.396 e. The molecule has 0 aromatic heterocycles. The first kappa shape index (κ1) is 9.05. The lowest BCUT2D eigenvalue weighted by Gasteiger charge is -2.30. The van der Waals surface area contributed by atoms with Crippen LogP contribution >= 0.6 is 0 Å². The molecule has 0 heterocycles. The van der Waals surface area contributed by atoms with Crippen molar-refractivity contribution >= 4 is 0 Å². The van der Waals surface area contributed by atoms with E-state index in [9.17, 15) is 0 Å². The highest BCUT2D eigenvalue weighted by atomic mass is 16.3. The fraction of sp³-hybridized carbons (Fsp3) is 1.00. The molecular formula is C10H20O. The second-order valence-corrected chi connectivity index (χ2v) is 4.30. The first-order valence-corrected chi connectivity index (χ1v) is 4.83. The Labute approximate surface area is 69.8 Å². The molecule has 0 radical (unpaired) electrons. The monoisotopic (exact) mass is 156 g/mol. The summed E-state index contributed by atoms with van der Waals surface area (Å²) in [5, 5.41) is 8.79. The van der Waals surface area contributed by atoms with Gasteiger partial charge in [-0.05, 0) is 43.4 Å². The Morgan fingerprint density at radius 3 is 2.09 bits per heavy atom. The molecule has 0 bridgehead atoms. The minimum atomic E-state index is 0.379. The van der Waals surface area contributed by atoms with Crippen molar-refractivity contribution in [2.75, 3.05) is 6.61 Å². The topological polar surface area (TPSA) is 20.2 Å². The van der Waals surface area contributed by atoms with Gasteiger partial charge in [0.15, 0.2) is 0 Å². The third-order valence-electron chi connectivity index (χ3n) is 2.81. The zero-order chi connectivity index (χ0) is 8.27. The Hall–Kier alpha value is -0.0400. The predicted molar refractivity (Wildman–Crippen MR) is 47.4 cm³/mol. The summed E-state index contributed by atoms with van der Waals surface area (Å²) in [6, 6.07) is 0. The molecule has 0 amide bonds. The normalized spacial score (nSPS) is 39.0. The quantitative estimate of drug-likeness (QED) is 0.651. The van der Waals surface area contributed by atoms with E-state index in [0.717, 1.165) is 24.2 Å². The Kier molecular flexibility index (Phi) is 3.38. The highest BCUT2D eigenvalue weighted by Crippen LogP contribution is 2.34. The lowest BCUT2D eigenvalue weighted by atomic mass is 9.76. The van der Waals surface area contributed by atoms with Gasteiger partial charge >= 0.3 is 0 Å². The summed E-state index contributed by atoms with van der Waals surface area (Å²) in [4.78, 5) is 0. The molecule has 1 heteroatoms. The van der Waals surface area contributed by atoms with Crippen LogP contribution in [0, 0.1) is 17.8 Å². The Morgan fingerprint density at radius 2 is 1.64 bits per heavy atom. The molecule has 1 fully saturated rings. The van der Waals surface area contributed by atoms with Gasteiger partial charge in [-0.15, -0.1) is 0 Å². The highest BCUT2D eigenvalue weighted by Gasteiger charge is 2.22. The molecule has 11 heavy (non-hydrogen) atoms. The van der Waals surface area contributed by atoms with Gasteiger partial charge in [0.25, 0.3) is 0 Å². The average molecular weight is 156 g/mol. The van der Waals surface area contributed by atoms with E-state index in [1.165, 1.54) is 19.3 Å². The standard InChI is InChI=1S/C10H20O/c1-8-5-9(2)7-10(6-8)3-4-11/h8-11H,3-7H2,1-2H3/t8-,9+,10?. The van der Waals surface area contributed by atoms with E-state index in [2.05, 4.69) is 13.8 Å². The van der Waals surface area contributed by atoms with Crippen LogP contribution in [0.4, 0.5) is 0 Å². The molecule has 0 aromatic rings. The van der Waals surface area contributed by atoms with Crippen LogP contribution in [0.2, 0.25) is 0 Å². The summed E-state index contributed by atoms with van der Waals surface area (Å²) in [5.74, 6) is 2.57. The van der Waals surface area contributed by atoms with Crippen molar-refractivity contribution in [2.24, 2.45) is 17.8 Å². The van der Waals surface area contributed by atoms with Crippen molar-refractivity contribution in [2.45, 2.75) is 39.5 Å². The zero-order valence-corrected chi connectivity index (χ0v) is 7.71. The van der Waals surface area contributed by atoms with Crippen LogP contribution in [-0.4, -0.2) is 11.7 Å². The fourth-order valence-electron chi connectivity index (χ4n) is 2.53.